The largest absolute Gasteiger partial charge is 0.497 e. The number of hydrogen-bond donors (Lipinski definition) is 1. The Bertz CT molecular complexity index is 509. The SMILES string of the molecule is COc1ccc(COC[C@H]2OC(=O)CCC/C=C\C[C@@H]2O)cc1. The maximum atomic E-state index is 11.7. The molecule has 0 spiro atoms. The van der Waals surface area contributed by atoms with Gasteiger partial charge < -0.3 is 19.3 Å². The molecule has 1 aromatic carbocycles. The van der Waals surface area contributed by atoms with Gasteiger partial charge in [0.25, 0.3) is 0 Å². The van der Waals surface area contributed by atoms with Crippen LogP contribution in [0.25, 0.3) is 0 Å². The Kier molecular flexibility index (Phi) is 7.10. The van der Waals surface area contributed by atoms with Crippen molar-refractivity contribution >= 4 is 5.97 Å². The normalized spacial score (nSPS) is 23.8. The monoisotopic (exact) mass is 320 g/mol. The molecule has 0 saturated carbocycles. The van der Waals surface area contributed by atoms with Crippen LogP contribution in [0.2, 0.25) is 0 Å². The van der Waals surface area contributed by atoms with Crippen LogP contribution in [0.5, 0.6) is 5.75 Å². The van der Waals surface area contributed by atoms with Crippen molar-refractivity contribution in [2.24, 2.45) is 0 Å². The van der Waals surface area contributed by atoms with Crippen molar-refractivity contribution in [2.75, 3.05) is 13.7 Å². The van der Waals surface area contributed by atoms with Crippen molar-refractivity contribution in [1.29, 1.82) is 0 Å². The molecular weight excluding hydrogens is 296 g/mol. The molecule has 0 aliphatic carbocycles. The number of hydrogen-bond acceptors (Lipinski definition) is 5. The van der Waals surface area contributed by atoms with Gasteiger partial charge in [0.1, 0.15) is 5.75 Å². The lowest BCUT2D eigenvalue weighted by Crippen LogP contribution is -2.35. The van der Waals surface area contributed by atoms with Crippen LogP contribution in [0.3, 0.4) is 0 Å². The first-order chi connectivity index (χ1) is 11.2. The van der Waals surface area contributed by atoms with Crippen LogP contribution in [0.1, 0.15) is 31.2 Å². The summed E-state index contributed by atoms with van der Waals surface area (Å²) in [6.07, 6.45) is 4.98. The first-order valence-corrected chi connectivity index (χ1v) is 7.92. The Balaban J connectivity index is 1.85. The molecule has 0 bridgehead atoms. The fourth-order valence-electron chi connectivity index (χ4n) is 2.34. The van der Waals surface area contributed by atoms with Gasteiger partial charge >= 0.3 is 5.97 Å². The summed E-state index contributed by atoms with van der Waals surface area (Å²) in [7, 11) is 1.62. The number of allylic oxidation sites excluding steroid dienone is 1. The Labute approximate surface area is 136 Å². The van der Waals surface area contributed by atoms with Crippen molar-refractivity contribution in [3.63, 3.8) is 0 Å². The molecular formula is C18H24O5. The summed E-state index contributed by atoms with van der Waals surface area (Å²) in [6, 6.07) is 7.55. The van der Waals surface area contributed by atoms with E-state index in [4.69, 9.17) is 14.2 Å². The minimum Gasteiger partial charge on any atom is -0.497 e. The summed E-state index contributed by atoms with van der Waals surface area (Å²) >= 11 is 0. The van der Waals surface area contributed by atoms with Crippen molar-refractivity contribution < 1.29 is 24.1 Å². The molecule has 1 heterocycles. The van der Waals surface area contributed by atoms with Gasteiger partial charge in [0.05, 0.1) is 26.4 Å². The molecule has 0 aromatic heterocycles. The van der Waals surface area contributed by atoms with Crippen LogP contribution in [-0.2, 0) is 20.9 Å². The number of esters is 1. The molecule has 0 radical (unpaired) electrons. The van der Waals surface area contributed by atoms with Crippen LogP contribution < -0.4 is 4.74 Å². The van der Waals surface area contributed by atoms with Crippen molar-refractivity contribution in [2.45, 2.75) is 44.5 Å². The molecule has 0 amide bonds. The van der Waals surface area contributed by atoms with Crippen LogP contribution in [0.4, 0.5) is 0 Å². The second kappa shape index (κ2) is 9.33. The average Bonchev–Trinajstić information content (AvgIpc) is 2.57. The molecule has 1 aliphatic rings. The molecule has 2 atom stereocenters. The molecule has 2 rings (SSSR count). The summed E-state index contributed by atoms with van der Waals surface area (Å²) in [4.78, 5) is 11.7. The van der Waals surface area contributed by atoms with Gasteiger partial charge in [-0.1, -0.05) is 24.3 Å². The maximum absolute atomic E-state index is 11.7. The molecule has 126 valence electrons. The number of cyclic esters (lactones) is 1. The number of carbonyl (C=O) groups excluding carboxylic acids is 1. The highest BCUT2D eigenvalue weighted by atomic mass is 16.6. The smallest absolute Gasteiger partial charge is 0.306 e. The molecule has 0 fully saturated rings. The van der Waals surface area contributed by atoms with Gasteiger partial charge in [-0.05, 0) is 37.0 Å². The molecule has 1 N–H and O–H groups in total. The van der Waals surface area contributed by atoms with E-state index in [2.05, 4.69) is 0 Å². The molecule has 0 unspecified atom stereocenters. The van der Waals surface area contributed by atoms with Crippen molar-refractivity contribution in [3.8, 4) is 5.75 Å². The second-order valence-corrected chi connectivity index (χ2v) is 5.56. The van der Waals surface area contributed by atoms with Gasteiger partial charge in [0.2, 0.25) is 0 Å². The topological polar surface area (TPSA) is 65.0 Å². The maximum Gasteiger partial charge on any atom is 0.306 e. The zero-order valence-electron chi connectivity index (χ0n) is 13.4. The van der Waals surface area contributed by atoms with Gasteiger partial charge in [-0.25, -0.2) is 0 Å². The van der Waals surface area contributed by atoms with Crippen molar-refractivity contribution in [3.05, 3.63) is 42.0 Å². The third kappa shape index (κ3) is 6.04. The molecule has 5 heteroatoms. The Morgan fingerprint density at radius 2 is 2.04 bits per heavy atom. The van der Waals surface area contributed by atoms with E-state index < -0.39 is 12.2 Å². The molecule has 0 saturated heterocycles. The quantitative estimate of drug-likeness (QED) is 0.667. The predicted octanol–water partition coefficient (Wildman–Crippen LogP) is 2.61. The lowest BCUT2D eigenvalue weighted by molar-refractivity contribution is -0.160. The van der Waals surface area contributed by atoms with Crippen LogP contribution in [-0.4, -0.2) is 37.0 Å². The number of ether oxygens (including phenoxy) is 3. The third-order valence-electron chi connectivity index (χ3n) is 3.72. The summed E-state index contributed by atoms with van der Waals surface area (Å²) in [5.41, 5.74) is 0.992. The first kappa shape index (κ1) is 17.5. The van der Waals surface area contributed by atoms with Crippen LogP contribution >= 0.6 is 0 Å². The van der Waals surface area contributed by atoms with Gasteiger partial charge in [-0.15, -0.1) is 0 Å². The molecule has 1 aromatic rings. The highest BCUT2D eigenvalue weighted by Crippen LogP contribution is 2.14. The number of aliphatic hydroxyl groups is 1. The summed E-state index contributed by atoms with van der Waals surface area (Å²) in [6.45, 7) is 0.563. The zero-order chi connectivity index (χ0) is 16.5. The number of benzene rings is 1. The van der Waals surface area contributed by atoms with E-state index in [0.717, 1.165) is 24.2 Å². The van der Waals surface area contributed by atoms with Crippen LogP contribution in [0, 0.1) is 0 Å². The van der Waals surface area contributed by atoms with E-state index >= 15 is 0 Å². The average molecular weight is 320 g/mol. The fourth-order valence-corrected chi connectivity index (χ4v) is 2.34. The number of carbonyl (C=O) groups is 1. The lowest BCUT2D eigenvalue weighted by Gasteiger charge is -2.23. The van der Waals surface area contributed by atoms with Gasteiger partial charge in [0.15, 0.2) is 6.10 Å². The molecule has 5 nitrogen and oxygen atoms in total. The van der Waals surface area contributed by atoms with E-state index in [0.29, 0.717) is 19.4 Å². The number of methoxy groups -OCH3 is 1. The number of aliphatic hydroxyl groups excluding tert-OH is 1. The van der Waals surface area contributed by atoms with Gasteiger partial charge in [-0.2, -0.15) is 0 Å². The number of rotatable bonds is 5. The van der Waals surface area contributed by atoms with Gasteiger partial charge in [0, 0.05) is 6.42 Å². The summed E-state index contributed by atoms with van der Waals surface area (Å²) in [5.74, 6) is 0.509. The molecule has 1 aliphatic heterocycles. The predicted molar refractivity (Wildman–Crippen MR) is 86.1 cm³/mol. The molecule has 23 heavy (non-hydrogen) atoms. The van der Waals surface area contributed by atoms with E-state index in [9.17, 15) is 9.90 Å². The van der Waals surface area contributed by atoms with E-state index in [1.165, 1.54) is 0 Å². The lowest BCUT2D eigenvalue weighted by atomic mass is 10.1. The standard InChI is InChI=1S/C18H24O5/c1-21-15-10-8-14(9-11-15)12-22-13-17-16(19)6-4-2-3-5-7-18(20)23-17/h2,4,8-11,16-17,19H,3,5-7,12-13H2,1H3/b4-2-/t16-,17+/m0/s1. The van der Waals surface area contributed by atoms with Gasteiger partial charge in [-0.3, -0.25) is 4.79 Å². The third-order valence-corrected chi connectivity index (χ3v) is 3.72. The Morgan fingerprint density at radius 1 is 1.26 bits per heavy atom. The first-order valence-electron chi connectivity index (χ1n) is 7.92. The van der Waals surface area contributed by atoms with E-state index in [-0.39, 0.29) is 12.6 Å². The fraction of sp³-hybridized carbons (Fsp3) is 0.500. The minimum atomic E-state index is -0.746. The Morgan fingerprint density at radius 3 is 2.78 bits per heavy atom. The minimum absolute atomic E-state index is 0.173. The van der Waals surface area contributed by atoms with Crippen LogP contribution in [0.15, 0.2) is 36.4 Å². The van der Waals surface area contributed by atoms with E-state index in [1.807, 2.05) is 36.4 Å². The zero-order valence-corrected chi connectivity index (χ0v) is 13.4. The highest BCUT2D eigenvalue weighted by molar-refractivity contribution is 5.69. The summed E-state index contributed by atoms with van der Waals surface area (Å²) in [5, 5.41) is 10.1. The van der Waals surface area contributed by atoms with Crippen molar-refractivity contribution in [1.82, 2.24) is 0 Å². The second-order valence-electron chi connectivity index (χ2n) is 5.56. The highest BCUT2D eigenvalue weighted by Gasteiger charge is 2.23. The Hall–Kier alpha value is -1.85. The van der Waals surface area contributed by atoms with E-state index in [1.54, 1.807) is 7.11 Å². The summed E-state index contributed by atoms with van der Waals surface area (Å²) < 4.78 is 16.1.